The number of aromatic nitrogens is 12. The number of rotatable bonds is 9. The largest absolute Gasteiger partial charge is 0.540 e. The van der Waals surface area contributed by atoms with Crippen LogP contribution in [0.15, 0.2) is 160 Å². The molecule has 0 fully saturated rings. The average molecular weight is 2200 g/mol. The predicted molar refractivity (Wildman–Crippen MR) is 347 cm³/mol. The summed E-state index contributed by atoms with van der Waals surface area (Å²) in [6.07, 6.45) is 0. The molecule has 89 heavy (non-hydrogen) atoms. The molecule has 0 aliphatic rings. The first kappa shape index (κ1) is 74.5. The second kappa shape index (κ2) is 33.9. The molecule has 8 aromatic carbocycles. The van der Waals surface area contributed by atoms with E-state index in [1.54, 1.807) is 40.6 Å². The molecular weight excluding hydrogens is 2150 g/mol. The number of hydrogen-bond acceptors (Lipinski definition) is 9. The minimum atomic E-state index is -0.370. The Morgan fingerprint density at radius 2 is 0.921 bits per heavy atom. The van der Waals surface area contributed by atoms with Crippen LogP contribution in [0.5, 0.6) is 5.75 Å². The third-order valence-corrected chi connectivity index (χ3v) is 15.6. The Balaban J connectivity index is 0.000000213. The van der Waals surface area contributed by atoms with Gasteiger partial charge in [-0.3, -0.25) is 18.4 Å². The molecule has 0 aliphatic heterocycles. The van der Waals surface area contributed by atoms with Crippen LogP contribution in [0, 0.1) is 102 Å². The Labute approximate surface area is 609 Å². The van der Waals surface area contributed by atoms with Crippen molar-refractivity contribution in [3.8, 4) is 74.1 Å². The molecule has 0 aliphatic carbocycles. The quantitative estimate of drug-likeness (QED) is 0.102. The molecule has 0 bridgehead atoms. The number of nitrogens with zero attached hydrogens (tertiary/aromatic N) is 12. The Kier molecular flexibility index (Phi) is 28.4. The van der Waals surface area contributed by atoms with Crippen LogP contribution >= 0.6 is 70.4 Å². The molecule has 13 nitrogen and oxygen atoms in total. The zero-order valence-corrected chi connectivity index (χ0v) is 65.7. The van der Waals surface area contributed by atoms with Gasteiger partial charge in [-0.05, 0) is 155 Å². The summed E-state index contributed by atoms with van der Waals surface area (Å²) in [7, 11) is 1.64. The molecule has 4 aromatic heterocycles. The van der Waals surface area contributed by atoms with Crippen molar-refractivity contribution in [2.45, 2.75) is 62.3 Å². The minimum Gasteiger partial charge on any atom is -0.540 e. The predicted octanol–water partition coefficient (Wildman–Crippen LogP) is 16.9. The Bertz CT molecular complexity index is 4250. The van der Waals surface area contributed by atoms with Crippen molar-refractivity contribution < 1.29 is 93.9 Å². The molecule has 4 heterocycles. The summed E-state index contributed by atoms with van der Waals surface area (Å²) < 4.78 is 42.6. The van der Waals surface area contributed by atoms with Crippen LogP contribution < -0.4 is 4.74 Å². The van der Waals surface area contributed by atoms with E-state index in [9.17, 15) is 8.78 Å². The van der Waals surface area contributed by atoms with Gasteiger partial charge in [-0.2, -0.15) is 15.3 Å². The first-order valence-corrected chi connectivity index (χ1v) is 29.9. The van der Waals surface area contributed by atoms with Crippen LogP contribution in [0.2, 0.25) is 0 Å². The monoisotopic (exact) mass is 2200 g/mol. The summed E-state index contributed by atoms with van der Waals surface area (Å²) >= 11 is 12.4. The van der Waals surface area contributed by atoms with Crippen molar-refractivity contribution in [2.24, 2.45) is 0 Å². The van der Waals surface area contributed by atoms with Crippen LogP contribution in [-0.4, -0.2) is 66.2 Å². The molecule has 466 valence electrons. The molecule has 0 unspecified atom stereocenters. The number of halogens is 6. The maximum absolute atomic E-state index is 14.1. The SMILES string of the molecule is COc1c[c-]c(-c2nnc(Br)n2-c2c(C)cccc2C)cc1.Cc1cc(C)c(-n2nc(Br)nc2-c2[c-]cc(F)cc2)c(C)c1.Cc1cccc(C)c1-n1c(Br)nnc1-c1[c-]cccc1F.Cc1cccc(C)c1-n1c(I)nnc1-c1[c-]cccc1.[Ir].[Ir].[Ir].[Ir]. The normalized spacial score (nSPS) is 10.3. The summed E-state index contributed by atoms with van der Waals surface area (Å²) in [5, 5.41) is 29.6. The van der Waals surface area contributed by atoms with Crippen molar-refractivity contribution in [3.63, 3.8) is 0 Å². The smallest absolute Gasteiger partial charge is 0.208 e. The Morgan fingerprint density at radius 1 is 0.449 bits per heavy atom. The van der Waals surface area contributed by atoms with Gasteiger partial charge in [0, 0.05) is 137 Å². The van der Waals surface area contributed by atoms with Gasteiger partial charge in [-0.15, -0.1) is 140 Å². The second-order valence-corrected chi connectivity index (χ2v) is 22.8. The van der Waals surface area contributed by atoms with Gasteiger partial charge < -0.3 is 18.4 Å². The first-order chi connectivity index (χ1) is 40.8. The van der Waals surface area contributed by atoms with Gasteiger partial charge in [-0.25, -0.2) is 0 Å². The first-order valence-electron chi connectivity index (χ1n) is 26.5. The van der Waals surface area contributed by atoms with E-state index in [1.807, 2.05) is 92.9 Å². The molecule has 0 saturated heterocycles. The maximum atomic E-state index is 14.1. The topological polar surface area (TPSA) is 132 Å². The fourth-order valence-electron chi connectivity index (χ4n) is 9.84. The Morgan fingerprint density at radius 3 is 1.42 bits per heavy atom. The fourth-order valence-corrected chi connectivity index (χ4v) is 11.6. The molecule has 0 N–H and O–H groups in total. The molecule has 0 spiro atoms. The van der Waals surface area contributed by atoms with Gasteiger partial charge in [0.1, 0.15) is 0 Å². The molecule has 0 amide bonds. The van der Waals surface area contributed by atoms with E-state index in [2.05, 4.69) is 217 Å². The van der Waals surface area contributed by atoms with Crippen molar-refractivity contribution in [1.82, 2.24) is 59.1 Å². The maximum Gasteiger partial charge on any atom is 0.208 e. The van der Waals surface area contributed by atoms with Crippen LogP contribution in [0.3, 0.4) is 0 Å². The molecule has 4 radical (unpaired) electrons. The van der Waals surface area contributed by atoms with Gasteiger partial charge in [0.15, 0.2) is 13.3 Å². The van der Waals surface area contributed by atoms with E-state index in [4.69, 9.17) is 4.74 Å². The summed E-state index contributed by atoms with van der Waals surface area (Å²) in [6.45, 7) is 18.5. The van der Waals surface area contributed by atoms with Crippen molar-refractivity contribution in [1.29, 1.82) is 0 Å². The Hall–Kier alpha value is -5.25. The van der Waals surface area contributed by atoms with Gasteiger partial charge in [0.25, 0.3) is 0 Å². The van der Waals surface area contributed by atoms with Crippen molar-refractivity contribution >= 4 is 70.4 Å². The zero-order valence-electron chi connectivity index (χ0n) is 49.2. The summed E-state index contributed by atoms with van der Waals surface area (Å²) in [6, 6.07) is 57.4. The van der Waals surface area contributed by atoms with E-state index >= 15 is 0 Å². The van der Waals surface area contributed by atoms with Crippen LogP contribution in [0.4, 0.5) is 8.78 Å². The number of methoxy groups -OCH3 is 1. The van der Waals surface area contributed by atoms with E-state index in [0.29, 0.717) is 37.0 Å². The summed E-state index contributed by atoms with van der Waals surface area (Å²) in [5.41, 5.74) is 17.3. The third-order valence-electron chi connectivity index (χ3n) is 13.5. The number of para-hydroxylation sites is 3. The zero-order chi connectivity index (χ0) is 60.6. The average Bonchev–Trinajstić information content (AvgIpc) is 2.90. The van der Waals surface area contributed by atoms with Crippen LogP contribution in [0.25, 0.3) is 68.3 Å². The van der Waals surface area contributed by atoms with Gasteiger partial charge in [0.05, 0.1) is 36.1 Å². The van der Waals surface area contributed by atoms with Crippen LogP contribution in [-0.2, 0) is 80.4 Å². The van der Waals surface area contributed by atoms with E-state index in [1.165, 1.54) is 34.9 Å². The van der Waals surface area contributed by atoms with E-state index < -0.39 is 0 Å². The summed E-state index contributed by atoms with van der Waals surface area (Å²) in [5.74, 6) is 2.70. The van der Waals surface area contributed by atoms with Gasteiger partial charge in [0.2, 0.25) is 4.73 Å². The standard InChI is InChI=1S/C17H14BrFN3.C17H15BrN3O.C16H12BrFN3.C16H13IN3.4Ir/c1-10-8-11(2)15(12(3)9-10)22-16(20-17(18)21-22)13-4-6-14(19)7-5-13;1-11-5-4-6-12(2)15(11)21-16(19-20-17(21)18)13-7-9-14(22-3)10-8-13;1-10-6-5-7-11(2)14(10)21-15(19-20-16(21)17)12-8-3-4-9-13(12)18;1-11-7-6-8-12(2)14(11)20-15(18-19-16(20)17)13-9-4-3-5-10-13;;;;/h4,6-9H,1-3H3;4-7,9-10H,1-3H3;3-7,9H,1-2H3;3-9H,1-2H3;;;;/q4*-1;;;;. The molecular formula is C66H54Br3F2IIr4N12O-4. The van der Waals surface area contributed by atoms with Crippen LogP contribution in [0.1, 0.15) is 50.1 Å². The number of benzene rings is 8. The van der Waals surface area contributed by atoms with E-state index in [-0.39, 0.29) is 92.1 Å². The molecule has 0 saturated carbocycles. The summed E-state index contributed by atoms with van der Waals surface area (Å²) in [4.78, 5) is 4.41. The number of aryl methyl sites for hydroxylation is 9. The molecule has 23 heteroatoms. The number of ether oxygens (including phenoxy) is 1. The molecule has 12 aromatic rings. The fraction of sp³-hybridized carbons (Fsp3) is 0.152. The molecule has 0 atom stereocenters. The minimum absolute atomic E-state index is 0. The van der Waals surface area contributed by atoms with Gasteiger partial charge in [-0.1, -0.05) is 77.9 Å². The molecule has 12 rings (SSSR count). The second-order valence-electron chi connectivity index (χ2n) is 19.7. The third kappa shape index (κ3) is 17.3. The van der Waals surface area contributed by atoms with E-state index in [0.717, 1.165) is 88.5 Å². The van der Waals surface area contributed by atoms with Crippen molar-refractivity contribution in [2.75, 3.05) is 7.11 Å². The number of hydrogen-bond donors (Lipinski definition) is 0. The van der Waals surface area contributed by atoms with Crippen molar-refractivity contribution in [3.05, 3.63) is 250 Å². The van der Waals surface area contributed by atoms with Gasteiger partial charge >= 0.3 is 0 Å².